The number of fused-ring (bicyclic) bond motifs is 3. The van der Waals surface area contributed by atoms with Crippen molar-refractivity contribution in [2.24, 2.45) is 0 Å². The summed E-state index contributed by atoms with van der Waals surface area (Å²) in [6.07, 6.45) is 8.10. The lowest BCUT2D eigenvalue weighted by Gasteiger charge is -2.14. The van der Waals surface area contributed by atoms with Crippen LogP contribution in [0.2, 0.25) is 0 Å². The zero-order valence-corrected chi connectivity index (χ0v) is 13.5. The molecule has 1 aromatic carbocycles. The Kier molecular flexibility index (Phi) is 3.67. The van der Waals surface area contributed by atoms with Gasteiger partial charge >= 0.3 is 0 Å². The summed E-state index contributed by atoms with van der Waals surface area (Å²) in [6, 6.07) is 6.70. The Labute approximate surface area is 127 Å². The highest BCUT2D eigenvalue weighted by Gasteiger charge is 2.13. The Bertz CT molecular complexity index is 763. The number of aromatic nitrogens is 1. The van der Waals surface area contributed by atoms with E-state index in [1.165, 1.54) is 45.2 Å². The normalized spacial score (nSPS) is 15.6. The van der Waals surface area contributed by atoms with Gasteiger partial charge < -0.3 is 0 Å². The summed E-state index contributed by atoms with van der Waals surface area (Å²) in [4.78, 5) is 4.86. The fourth-order valence-electron chi connectivity index (χ4n) is 3.39. The molecule has 3 rings (SSSR count). The smallest absolute Gasteiger partial charge is 0.0745 e. The van der Waals surface area contributed by atoms with E-state index in [1.54, 1.807) is 0 Å². The molecule has 1 aromatic heterocycles. The number of rotatable bonds is 0. The van der Waals surface area contributed by atoms with Crippen molar-refractivity contribution in [1.29, 1.82) is 0 Å². The molecule has 0 spiro atoms. The highest BCUT2D eigenvalue weighted by atomic mass is 14.7. The largest absolute Gasteiger partial charge is 0.253 e. The third kappa shape index (κ3) is 2.65. The molecule has 0 radical (unpaired) electrons. The average molecular weight is 277 g/mol. The predicted octanol–water partition coefficient (Wildman–Crippen LogP) is 5.54. The van der Waals surface area contributed by atoms with Crippen LogP contribution in [-0.2, 0) is 6.42 Å². The summed E-state index contributed by atoms with van der Waals surface area (Å²) >= 11 is 0. The molecule has 0 saturated carbocycles. The van der Waals surface area contributed by atoms with Crippen molar-refractivity contribution in [1.82, 2.24) is 4.98 Å². The van der Waals surface area contributed by atoms with Gasteiger partial charge in [-0.3, -0.25) is 4.98 Å². The van der Waals surface area contributed by atoms with Crippen molar-refractivity contribution in [3.05, 3.63) is 58.3 Å². The second-order valence-electron chi connectivity index (χ2n) is 6.24. The van der Waals surface area contributed by atoms with E-state index in [0.29, 0.717) is 0 Å². The Balaban J connectivity index is 2.32. The van der Waals surface area contributed by atoms with E-state index in [0.717, 1.165) is 18.5 Å². The highest BCUT2D eigenvalue weighted by molar-refractivity contribution is 5.90. The van der Waals surface area contributed by atoms with Gasteiger partial charge in [0.05, 0.1) is 5.52 Å². The minimum absolute atomic E-state index is 1.11. The van der Waals surface area contributed by atoms with Gasteiger partial charge in [-0.15, -0.1) is 0 Å². The molecule has 21 heavy (non-hydrogen) atoms. The molecule has 0 atom stereocenters. The van der Waals surface area contributed by atoms with Crippen LogP contribution >= 0.6 is 0 Å². The quantitative estimate of drug-likeness (QED) is 0.616. The van der Waals surface area contributed by atoms with Crippen LogP contribution in [-0.4, -0.2) is 4.98 Å². The third-order valence-electron chi connectivity index (χ3n) is 4.39. The van der Waals surface area contributed by atoms with Gasteiger partial charge in [-0.1, -0.05) is 29.9 Å². The average Bonchev–Trinajstić information content (AvgIpc) is 2.49. The van der Waals surface area contributed by atoms with Gasteiger partial charge in [-0.2, -0.15) is 0 Å². The Morgan fingerprint density at radius 3 is 2.67 bits per heavy atom. The van der Waals surface area contributed by atoms with E-state index in [1.807, 2.05) is 0 Å². The van der Waals surface area contributed by atoms with Crippen LogP contribution in [0.3, 0.4) is 0 Å². The summed E-state index contributed by atoms with van der Waals surface area (Å²) in [7, 11) is 0. The number of pyridine rings is 1. The lowest BCUT2D eigenvalue weighted by molar-refractivity contribution is 0.842. The molecule has 1 aliphatic carbocycles. The summed E-state index contributed by atoms with van der Waals surface area (Å²) < 4.78 is 0. The number of aryl methyl sites for hydroxylation is 3. The molecule has 0 bridgehead atoms. The standard InChI is InChI=1S/C20H23N/c1-13-7-5-6-8-19-17(14(2)11-13)9-10-18-15(3)12-16(4)21-20(18)19/h7,9-12H,5-6,8H2,1-4H3. The van der Waals surface area contributed by atoms with Crippen LogP contribution in [0.15, 0.2) is 35.9 Å². The maximum atomic E-state index is 4.86. The molecule has 0 aliphatic heterocycles. The van der Waals surface area contributed by atoms with E-state index < -0.39 is 0 Å². The van der Waals surface area contributed by atoms with Crippen LogP contribution in [0.25, 0.3) is 16.5 Å². The van der Waals surface area contributed by atoms with E-state index in [-0.39, 0.29) is 0 Å². The Hall–Kier alpha value is -1.89. The number of benzene rings is 1. The van der Waals surface area contributed by atoms with Gasteiger partial charge in [-0.05, 0) is 75.3 Å². The molecule has 1 nitrogen and oxygen atoms in total. The molecule has 1 aliphatic rings. The van der Waals surface area contributed by atoms with Crippen LogP contribution in [0.1, 0.15) is 49.1 Å². The lowest BCUT2D eigenvalue weighted by Crippen LogP contribution is -1.98. The number of hydrogen-bond donors (Lipinski definition) is 0. The molecule has 0 unspecified atom stereocenters. The molecule has 2 aromatic rings. The van der Waals surface area contributed by atoms with Gasteiger partial charge in [0.2, 0.25) is 0 Å². The maximum absolute atomic E-state index is 4.86. The minimum Gasteiger partial charge on any atom is -0.253 e. The topological polar surface area (TPSA) is 12.9 Å². The first-order chi connectivity index (χ1) is 10.1. The number of nitrogens with zero attached hydrogens (tertiary/aromatic N) is 1. The molecule has 0 amide bonds. The van der Waals surface area contributed by atoms with Gasteiger partial charge in [-0.25, -0.2) is 0 Å². The first-order valence-electron chi connectivity index (χ1n) is 7.81. The number of allylic oxidation sites excluding steroid dienone is 4. The molecular weight excluding hydrogens is 254 g/mol. The van der Waals surface area contributed by atoms with Crippen molar-refractivity contribution in [2.75, 3.05) is 0 Å². The minimum atomic E-state index is 1.11. The van der Waals surface area contributed by atoms with Crippen LogP contribution in [0, 0.1) is 13.8 Å². The Morgan fingerprint density at radius 1 is 1.05 bits per heavy atom. The van der Waals surface area contributed by atoms with Gasteiger partial charge in [0.25, 0.3) is 0 Å². The summed E-state index contributed by atoms with van der Waals surface area (Å²) in [5.41, 5.74) is 9.17. The van der Waals surface area contributed by atoms with E-state index in [9.17, 15) is 0 Å². The monoisotopic (exact) mass is 277 g/mol. The van der Waals surface area contributed by atoms with Crippen molar-refractivity contribution in [2.45, 2.75) is 47.0 Å². The van der Waals surface area contributed by atoms with Crippen molar-refractivity contribution >= 4 is 16.5 Å². The second kappa shape index (κ2) is 5.48. The highest BCUT2D eigenvalue weighted by Crippen LogP contribution is 2.31. The zero-order valence-electron chi connectivity index (χ0n) is 13.5. The summed E-state index contributed by atoms with van der Waals surface area (Å²) in [5.74, 6) is 0. The fourth-order valence-corrected chi connectivity index (χ4v) is 3.39. The first-order valence-corrected chi connectivity index (χ1v) is 7.81. The zero-order chi connectivity index (χ0) is 15.0. The van der Waals surface area contributed by atoms with Crippen LogP contribution in [0.4, 0.5) is 0 Å². The molecule has 0 saturated heterocycles. The van der Waals surface area contributed by atoms with Gasteiger partial charge in [0.15, 0.2) is 0 Å². The SMILES string of the molecule is CC1=CCCCc2c(ccc3c(C)cc(C)nc23)C(C)=C1. The van der Waals surface area contributed by atoms with E-state index in [4.69, 9.17) is 4.98 Å². The molecule has 1 heterocycles. The summed E-state index contributed by atoms with van der Waals surface area (Å²) in [6.45, 7) is 8.69. The first kappa shape index (κ1) is 14.1. The Morgan fingerprint density at radius 2 is 1.86 bits per heavy atom. The fraction of sp³-hybridized carbons (Fsp3) is 0.350. The predicted molar refractivity (Wildman–Crippen MR) is 91.6 cm³/mol. The molecular formula is C20H23N. The third-order valence-corrected chi connectivity index (χ3v) is 4.39. The maximum Gasteiger partial charge on any atom is 0.0745 e. The van der Waals surface area contributed by atoms with Gasteiger partial charge in [0.1, 0.15) is 0 Å². The van der Waals surface area contributed by atoms with Crippen molar-refractivity contribution in [3.8, 4) is 0 Å². The number of hydrogen-bond acceptors (Lipinski definition) is 1. The van der Waals surface area contributed by atoms with E-state index >= 15 is 0 Å². The van der Waals surface area contributed by atoms with Crippen LogP contribution < -0.4 is 0 Å². The van der Waals surface area contributed by atoms with Crippen molar-refractivity contribution in [3.63, 3.8) is 0 Å². The lowest BCUT2D eigenvalue weighted by atomic mass is 9.93. The molecule has 108 valence electrons. The molecule has 0 N–H and O–H groups in total. The van der Waals surface area contributed by atoms with E-state index in [2.05, 4.69) is 58.0 Å². The van der Waals surface area contributed by atoms with Crippen molar-refractivity contribution < 1.29 is 0 Å². The molecule has 1 heteroatoms. The van der Waals surface area contributed by atoms with Crippen LogP contribution in [0.5, 0.6) is 0 Å². The molecule has 0 fully saturated rings. The summed E-state index contributed by atoms with van der Waals surface area (Å²) in [5, 5.41) is 1.30. The van der Waals surface area contributed by atoms with Gasteiger partial charge in [0, 0.05) is 11.1 Å². The second-order valence-corrected chi connectivity index (χ2v) is 6.24.